The third-order valence-electron chi connectivity index (χ3n) is 2.69. The molecule has 0 spiro atoms. The molecule has 104 valence electrons. The molecule has 0 heterocycles. The molecule has 20 heavy (non-hydrogen) atoms. The first-order chi connectivity index (χ1) is 9.56. The fraction of sp³-hybridized carbons (Fsp3) is 0.133. The molecule has 5 heteroatoms. The molecule has 1 amide bonds. The second-order valence-corrected chi connectivity index (χ2v) is 6.57. The average Bonchev–Trinajstić information content (AvgIpc) is 2.44. The normalized spacial score (nSPS) is 11.9. The number of halogens is 1. The minimum absolute atomic E-state index is 0.0290. The molecule has 0 saturated heterocycles. The first-order valence-electron chi connectivity index (χ1n) is 6.14. The highest BCUT2D eigenvalue weighted by Gasteiger charge is 2.15. The number of nitrogen functional groups attached to an aromatic ring is 1. The van der Waals surface area contributed by atoms with Gasteiger partial charge >= 0.3 is 0 Å². The van der Waals surface area contributed by atoms with Gasteiger partial charge in [-0.1, -0.05) is 12.1 Å². The van der Waals surface area contributed by atoms with Gasteiger partial charge in [0.25, 0.3) is 0 Å². The van der Waals surface area contributed by atoms with Gasteiger partial charge in [-0.15, -0.1) is 11.8 Å². The third-order valence-corrected chi connectivity index (χ3v) is 4.50. The Hall–Kier alpha value is -1.46. The molecule has 0 aliphatic carbocycles. The van der Waals surface area contributed by atoms with Gasteiger partial charge in [0.2, 0.25) is 5.91 Å². The highest BCUT2D eigenvalue weighted by molar-refractivity contribution is 9.10. The van der Waals surface area contributed by atoms with Crippen molar-refractivity contribution in [3.05, 3.63) is 53.0 Å². The van der Waals surface area contributed by atoms with Crippen LogP contribution in [0.4, 0.5) is 11.4 Å². The van der Waals surface area contributed by atoms with Crippen LogP contribution in [0.2, 0.25) is 0 Å². The summed E-state index contributed by atoms with van der Waals surface area (Å²) in [5.74, 6) is -0.0290. The van der Waals surface area contributed by atoms with Crippen molar-refractivity contribution in [3.63, 3.8) is 0 Å². The molecule has 0 radical (unpaired) electrons. The van der Waals surface area contributed by atoms with Gasteiger partial charge in [-0.05, 0) is 59.3 Å². The molecule has 2 rings (SSSR count). The van der Waals surface area contributed by atoms with E-state index >= 15 is 0 Å². The average molecular weight is 351 g/mol. The zero-order chi connectivity index (χ0) is 14.5. The number of anilines is 2. The van der Waals surface area contributed by atoms with Crippen molar-refractivity contribution in [2.45, 2.75) is 17.1 Å². The van der Waals surface area contributed by atoms with Crippen LogP contribution < -0.4 is 11.1 Å². The van der Waals surface area contributed by atoms with Crippen LogP contribution in [0.25, 0.3) is 0 Å². The van der Waals surface area contributed by atoms with E-state index < -0.39 is 0 Å². The van der Waals surface area contributed by atoms with Crippen molar-refractivity contribution in [1.29, 1.82) is 0 Å². The van der Waals surface area contributed by atoms with Crippen molar-refractivity contribution < 1.29 is 4.79 Å². The number of hydrogen-bond acceptors (Lipinski definition) is 3. The second-order valence-electron chi connectivity index (χ2n) is 4.30. The molecule has 2 aromatic carbocycles. The maximum Gasteiger partial charge on any atom is 0.237 e. The van der Waals surface area contributed by atoms with Crippen molar-refractivity contribution in [2.75, 3.05) is 11.1 Å². The van der Waals surface area contributed by atoms with E-state index in [0.717, 1.165) is 20.7 Å². The summed E-state index contributed by atoms with van der Waals surface area (Å²) in [6.45, 7) is 1.88. The van der Waals surface area contributed by atoms with Crippen molar-refractivity contribution in [1.82, 2.24) is 0 Å². The fourth-order valence-corrected chi connectivity index (χ4v) is 2.85. The molecule has 0 aliphatic rings. The number of nitrogens with one attached hydrogen (secondary N) is 1. The predicted molar refractivity (Wildman–Crippen MR) is 88.9 cm³/mol. The van der Waals surface area contributed by atoms with E-state index in [4.69, 9.17) is 5.73 Å². The highest BCUT2D eigenvalue weighted by atomic mass is 79.9. The standard InChI is InChI=1S/C15H15BrN2OS/c1-10(20-12-8-6-11(17)7-9-12)15(19)18-14-5-3-2-4-13(14)16/h2-10H,17H2,1H3,(H,18,19)/t10-/m1/s1. The molecular formula is C15H15BrN2OS. The van der Waals surface area contributed by atoms with Gasteiger partial charge in [-0.2, -0.15) is 0 Å². The Kier molecular flexibility index (Phi) is 5.09. The van der Waals surface area contributed by atoms with Gasteiger partial charge in [-0.3, -0.25) is 4.79 Å². The number of carbonyl (C=O) groups excluding carboxylic acids is 1. The monoisotopic (exact) mass is 350 g/mol. The minimum Gasteiger partial charge on any atom is -0.399 e. The first kappa shape index (κ1) is 14.9. The Bertz CT molecular complexity index is 601. The zero-order valence-corrected chi connectivity index (χ0v) is 13.4. The van der Waals surface area contributed by atoms with E-state index in [2.05, 4.69) is 21.2 Å². The third kappa shape index (κ3) is 4.02. The lowest BCUT2D eigenvalue weighted by Crippen LogP contribution is -2.22. The van der Waals surface area contributed by atoms with Crippen molar-refractivity contribution in [2.24, 2.45) is 0 Å². The van der Waals surface area contributed by atoms with Crippen molar-refractivity contribution >= 4 is 45.0 Å². The molecule has 3 N–H and O–H groups in total. The van der Waals surface area contributed by atoms with E-state index in [1.807, 2.05) is 55.5 Å². The number of hydrogen-bond donors (Lipinski definition) is 2. The highest BCUT2D eigenvalue weighted by Crippen LogP contribution is 2.26. The Morgan fingerprint density at radius 2 is 1.85 bits per heavy atom. The number of para-hydroxylation sites is 1. The van der Waals surface area contributed by atoms with Crippen molar-refractivity contribution in [3.8, 4) is 0 Å². The lowest BCUT2D eigenvalue weighted by Gasteiger charge is -2.13. The largest absolute Gasteiger partial charge is 0.399 e. The zero-order valence-electron chi connectivity index (χ0n) is 11.0. The summed E-state index contributed by atoms with van der Waals surface area (Å²) in [7, 11) is 0. The molecule has 0 bridgehead atoms. The summed E-state index contributed by atoms with van der Waals surface area (Å²) in [6, 6.07) is 15.1. The van der Waals surface area contributed by atoms with Crippen LogP contribution >= 0.6 is 27.7 Å². The predicted octanol–water partition coefficient (Wildman–Crippen LogP) is 4.15. The Balaban J connectivity index is 1.99. The number of rotatable bonds is 4. The molecular weight excluding hydrogens is 336 g/mol. The van der Waals surface area contributed by atoms with Crippen LogP contribution in [0.5, 0.6) is 0 Å². The van der Waals surface area contributed by atoms with E-state index in [-0.39, 0.29) is 11.2 Å². The Labute approximate surface area is 131 Å². The molecule has 3 nitrogen and oxygen atoms in total. The lowest BCUT2D eigenvalue weighted by atomic mass is 10.3. The summed E-state index contributed by atoms with van der Waals surface area (Å²) >= 11 is 4.92. The molecule has 0 fully saturated rings. The number of nitrogens with two attached hydrogens (primary N) is 1. The summed E-state index contributed by atoms with van der Waals surface area (Å²) in [5.41, 5.74) is 7.14. The Morgan fingerprint density at radius 1 is 1.20 bits per heavy atom. The van der Waals surface area contributed by atoms with Gasteiger partial charge < -0.3 is 11.1 Å². The van der Waals surface area contributed by atoms with E-state index in [0.29, 0.717) is 0 Å². The van der Waals surface area contributed by atoms with Crippen LogP contribution in [0.1, 0.15) is 6.92 Å². The summed E-state index contributed by atoms with van der Waals surface area (Å²) < 4.78 is 0.873. The summed E-state index contributed by atoms with van der Waals surface area (Å²) in [5, 5.41) is 2.72. The molecule has 0 unspecified atom stereocenters. The maximum absolute atomic E-state index is 12.2. The van der Waals surface area contributed by atoms with Gasteiger partial charge in [0, 0.05) is 15.1 Å². The van der Waals surface area contributed by atoms with Gasteiger partial charge in [-0.25, -0.2) is 0 Å². The minimum atomic E-state index is -0.189. The second kappa shape index (κ2) is 6.81. The van der Waals surface area contributed by atoms with E-state index in [9.17, 15) is 4.79 Å². The SMILES string of the molecule is C[C@@H](Sc1ccc(N)cc1)C(=O)Nc1ccccc1Br. The Morgan fingerprint density at radius 3 is 2.50 bits per heavy atom. The van der Waals surface area contributed by atoms with Crippen LogP contribution in [0.15, 0.2) is 57.9 Å². The topological polar surface area (TPSA) is 55.1 Å². The van der Waals surface area contributed by atoms with E-state index in [1.54, 1.807) is 0 Å². The maximum atomic E-state index is 12.2. The van der Waals surface area contributed by atoms with Gasteiger partial charge in [0.15, 0.2) is 0 Å². The van der Waals surface area contributed by atoms with E-state index in [1.165, 1.54) is 11.8 Å². The van der Waals surface area contributed by atoms with Gasteiger partial charge in [0.05, 0.1) is 10.9 Å². The smallest absolute Gasteiger partial charge is 0.237 e. The molecule has 0 saturated carbocycles. The number of amides is 1. The molecule has 2 aromatic rings. The van der Waals surface area contributed by atoms with Crippen LogP contribution in [0.3, 0.4) is 0 Å². The van der Waals surface area contributed by atoms with Gasteiger partial charge in [0.1, 0.15) is 0 Å². The number of thioether (sulfide) groups is 1. The molecule has 0 aromatic heterocycles. The number of benzene rings is 2. The van der Waals surface area contributed by atoms with Crippen LogP contribution in [0, 0.1) is 0 Å². The molecule has 1 atom stereocenters. The van der Waals surface area contributed by atoms with Crippen LogP contribution in [-0.2, 0) is 4.79 Å². The number of carbonyl (C=O) groups is 1. The van der Waals surface area contributed by atoms with Crippen LogP contribution in [-0.4, -0.2) is 11.2 Å². The molecule has 0 aliphatic heterocycles. The fourth-order valence-electron chi connectivity index (χ4n) is 1.60. The first-order valence-corrected chi connectivity index (χ1v) is 7.81. The lowest BCUT2D eigenvalue weighted by molar-refractivity contribution is -0.115. The summed E-state index contributed by atoms with van der Waals surface area (Å²) in [4.78, 5) is 13.2. The quantitative estimate of drug-likeness (QED) is 0.643. The summed E-state index contributed by atoms with van der Waals surface area (Å²) in [6.07, 6.45) is 0.